The number of hydrogen-bond acceptors (Lipinski definition) is 3. The second kappa shape index (κ2) is 8.51. The zero-order valence-electron chi connectivity index (χ0n) is 16.2. The molecule has 4 rings (SSSR count). The normalized spacial score (nSPS) is 11.5. The summed E-state index contributed by atoms with van der Waals surface area (Å²) in [6.45, 7) is 0.306. The van der Waals surface area contributed by atoms with Crippen molar-refractivity contribution in [2.45, 2.75) is 12.6 Å². The minimum absolute atomic E-state index is 0.237. The quantitative estimate of drug-likeness (QED) is 0.431. The number of amides is 1. The molecule has 0 aliphatic rings. The first kappa shape index (κ1) is 20.5. The van der Waals surface area contributed by atoms with Gasteiger partial charge in [-0.15, -0.1) is 0 Å². The standard InChI is InChI=1S/C23H18F3N3O2/c24-23(25,26)17-2-4-18(5-3-17)31-12-9-15-1-6-20-19(13-15)21(14-28-20)29-22(30)16-7-10-27-11-8-16/h1-8,10-11,13-14,28H,9,12H2,(H,29,30). The second-order valence-electron chi connectivity index (χ2n) is 6.89. The maximum Gasteiger partial charge on any atom is 0.416 e. The van der Waals surface area contributed by atoms with Crippen LogP contribution in [0.1, 0.15) is 21.5 Å². The van der Waals surface area contributed by atoms with Crippen LogP contribution in [0, 0.1) is 0 Å². The Morgan fingerprint density at radius 2 is 1.77 bits per heavy atom. The number of aromatic nitrogens is 2. The van der Waals surface area contributed by atoms with Crippen LogP contribution in [0.15, 0.2) is 73.2 Å². The third kappa shape index (κ3) is 4.85. The first-order valence-electron chi connectivity index (χ1n) is 9.51. The van der Waals surface area contributed by atoms with Gasteiger partial charge in [0.25, 0.3) is 5.91 Å². The minimum atomic E-state index is -4.37. The fraction of sp³-hybridized carbons (Fsp3) is 0.130. The number of carbonyl (C=O) groups is 1. The fourth-order valence-electron chi connectivity index (χ4n) is 3.15. The number of hydrogen-bond donors (Lipinski definition) is 2. The molecule has 0 bridgehead atoms. The van der Waals surface area contributed by atoms with E-state index in [-0.39, 0.29) is 5.91 Å². The van der Waals surface area contributed by atoms with Crippen LogP contribution in [0.3, 0.4) is 0 Å². The Hall–Kier alpha value is -3.81. The smallest absolute Gasteiger partial charge is 0.416 e. The molecule has 0 saturated heterocycles. The highest BCUT2D eigenvalue weighted by Gasteiger charge is 2.30. The Bertz CT molecular complexity index is 1190. The van der Waals surface area contributed by atoms with Gasteiger partial charge in [-0.2, -0.15) is 13.2 Å². The minimum Gasteiger partial charge on any atom is -0.493 e. The number of ether oxygens (including phenoxy) is 1. The zero-order valence-corrected chi connectivity index (χ0v) is 16.2. The van der Waals surface area contributed by atoms with Gasteiger partial charge in [-0.3, -0.25) is 9.78 Å². The van der Waals surface area contributed by atoms with Crippen LogP contribution in [0.2, 0.25) is 0 Å². The molecule has 0 atom stereocenters. The molecule has 2 N–H and O–H groups in total. The number of halogens is 3. The highest BCUT2D eigenvalue weighted by Crippen LogP contribution is 2.30. The number of benzene rings is 2. The summed E-state index contributed by atoms with van der Waals surface area (Å²) >= 11 is 0. The van der Waals surface area contributed by atoms with E-state index < -0.39 is 11.7 Å². The van der Waals surface area contributed by atoms with Crippen molar-refractivity contribution < 1.29 is 22.7 Å². The Balaban J connectivity index is 1.41. The van der Waals surface area contributed by atoms with Crippen LogP contribution in [0.25, 0.3) is 10.9 Å². The van der Waals surface area contributed by atoms with Crippen molar-refractivity contribution in [1.29, 1.82) is 0 Å². The van der Waals surface area contributed by atoms with Gasteiger partial charge in [-0.05, 0) is 54.1 Å². The van der Waals surface area contributed by atoms with Gasteiger partial charge >= 0.3 is 6.18 Å². The Morgan fingerprint density at radius 3 is 2.48 bits per heavy atom. The highest BCUT2D eigenvalue weighted by atomic mass is 19.4. The molecule has 0 fully saturated rings. The van der Waals surface area contributed by atoms with Crippen molar-refractivity contribution in [2.75, 3.05) is 11.9 Å². The van der Waals surface area contributed by atoms with E-state index in [1.54, 1.807) is 30.7 Å². The van der Waals surface area contributed by atoms with Crippen molar-refractivity contribution in [3.8, 4) is 5.75 Å². The monoisotopic (exact) mass is 425 g/mol. The average molecular weight is 425 g/mol. The fourth-order valence-corrected chi connectivity index (χ4v) is 3.15. The van der Waals surface area contributed by atoms with Crippen LogP contribution < -0.4 is 10.1 Å². The van der Waals surface area contributed by atoms with E-state index in [2.05, 4.69) is 15.3 Å². The van der Waals surface area contributed by atoms with E-state index in [0.717, 1.165) is 28.6 Å². The summed E-state index contributed by atoms with van der Waals surface area (Å²) in [6, 6.07) is 13.7. The van der Waals surface area contributed by atoms with Gasteiger partial charge < -0.3 is 15.0 Å². The second-order valence-corrected chi connectivity index (χ2v) is 6.89. The topological polar surface area (TPSA) is 67.0 Å². The van der Waals surface area contributed by atoms with Gasteiger partial charge in [0.2, 0.25) is 0 Å². The molecule has 0 spiro atoms. The molecule has 2 aromatic heterocycles. The summed E-state index contributed by atoms with van der Waals surface area (Å²) in [6.07, 6.45) is 1.03. The van der Waals surface area contributed by atoms with Crippen LogP contribution in [-0.2, 0) is 12.6 Å². The summed E-state index contributed by atoms with van der Waals surface area (Å²) in [4.78, 5) is 19.4. The van der Waals surface area contributed by atoms with Crippen molar-refractivity contribution in [3.63, 3.8) is 0 Å². The molecule has 2 heterocycles. The summed E-state index contributed by atoms with van der Waals surface area (Å²) in [5, 5.41) is 3.74. The van der Waals surface area contributed by atoms with Crippen LogP contribution in [0.4, 0.5) is 18.9 Å². The average Bonchev–Trinajstić information content (AvgIpc) is 3.16. The largest absolute Gasteiger partial charge is 0.493 e. The van der Waals surface area contributed by atoms with Crippen molar-refractivity contribution in [3.05, 3.63) is 89.9 Å². The van der Waals surface area contributed by atoms with E-state index in [0.29, 0.717) is 30.0 Å². The summed E-state index contributed by atoms with van der Waals surface area (Å²) in [5.41, 5.74) is 2.29. The summed E-state index contributed by atoms with van der Waals surface area (Å²) in [5.74, 6) is 0.139. The number of aromatic amines is 1. The molecule has 0 aliphatic carbocycles. The van der Waals surface area contributed by atoms with Crippen molar-refractivity contribution >= 4 is 22.5 Å². The van der Waals surface area contributed by atoms with Crippen molar-refractivity contribution in [1.82, 2.24) is 9.97 Å². The lowest BCUT2D eigenvalue weighted by molar-refractivity contribution is -0.137. The van der Waals surface area contributed by atoms with Gasteiger partial charge in [-0.1, -0.05) is 6.07 Å². The molecular weight excluding hydrogens is 407 g/mol. The van der Waals surface area contributed by atoms with Crippen LogP contribution in [-0.4, -0.2) is 22.5 Å². The summed E-state index contributed by atoms with van der Waals surface area (Å²) < 4.78 is 43.5. The molecule has 31 heavy (non-hydrogen) atoms. The summed E-state index contributed by atoms with van der Waals surface area (Å²) in [7, 11) is 0. The van der Waals surface area contributed by atoms with Crippen LogP contribution in [0.5, 0.6) is 5.75 Å². The van der Waals surface area contributed by atoms with Crippen LogP contribution >= 0.6 is 0 Å². The van der Waals surface area contributed by atoms with E-state index in [1.165, 1.54) is 12.1 Å². The number of nitrogens with zero attached hydrogens (tertiary/aromatic N) is 1. The number of nitrogens with one attached hydrogen (secondary N) is 2. The van der Waals surface area contributed by atoms with Gasteiger partial charge in [0.15, 0.2) is 0 Å². The Labute approximate surface area is 175 Å². The van der Waals surface area contributed by atoms with Gasteiger partial charge in [-0.25, -0.2) is 0 Å². The van der Waals surface area contributed by atoms with Gasteiger partial charge in [0, 0.05) is 41.5 Å². The molecule has 0 saturated carbocycles. The first-order chi connectivity index (χ1) is 14.9. The third-order valence-corrected chi connectivity index (χ3v) is 4.78. The maximum atomic E-state index is 12.6. The number of fused-ring (bicyclic) bond motifs is 1. The van der Waals surface area contributed by atoms with E-state index >= 15 is 0 Å². The molecule has 0 aliphatic heterocycles. The molecule has 158 valence electrons. The third-order valence-electron chi connectivity index (χ3n) is 4.78. The molecule has 8 heteroatoms. The maximum absolute atomic E-state index is 12.6. The zero-order chi connectivity index (χ0) is 21.8. The van der Waals surface area contributed by atoms with E-state index in [9.17, 15) is 18.0 Å². The lowest BCUT2D eigenvalue weighted by Gasteiger charge is -2.09. The Morgan fingerprint density at radius 1 is 1.03 bits per heavy atom. The molecule has 5 nitrogen and oxygen atoms in total. The van der Waals surface area contributed by atoms with Crippen molar-refractivity contribution in [2.24, 2.45) is 0 Å². The van der Waals surface area contributed by atoms with Gasteiger partial charge in [0.05, 0.1) is 17.9 Å². The first-order valence-corrected chi connectivity index (χ1v) is 9.51. The number of carbonyl (C=O) groups excluding carboxylic acids is 1. The number of H-pyrrole nitrogens is 1. The molecule has 0 unspecified atom stereocenters. The lowest BCUT2D eigenvalue weighted by atomic mass is 10.1. The predicted octanol–water partition coefficient (Wildman–Crippen LogP) is 5.46. The highest BCUT2D eigenvalue weighted by molar-refractivity contribution is 6.09. The number of rotatable bonds is 6. The molecular formula is C23H18F3N3O2. The molecule has 1 amide bonds. The SMILES string of the molecule is O=C(Nc1c[nH]c2ccc(CCOc3ccc(C(F)(F)F)cc3)cc12)c1ccncc1. The van der Waals surface area contributed by atoms with E-state index in [4.69, 9.17) is 4.74 Å². The number of anilines is 1. The Kier molecular flexibility index (Phi) is 5.62. The van der Waals surface area contributed by atoms with Gasteiger partial charge in [0.1, 0.15) is 5.75 Å². The molecule has 0 radical (unpaired) electrons. The predicted molar refractivity (Wildman–Crippen MR) is 111 cm³/mol. The number of alkyl halides is 3. The molecule has 4 aromatic rings. The molecule has 2 aromatic carbocycles. The number of pyridine rings is 1. The van der Waals surface area contributed by atoms with E-state index in [1.807, 2.05) is 18.2 Å². The lowest BCUT2D eigenvalue weighted by Crippen LogP contribution is -2.11.